The molecule has 4 aliphatic heterocycles. The van der Waals surface area contributed by atoms with Gasteiger partial charge in [0.1, 0.15) is 24.3 Å². The van der Waals surface area contributed by atoms with Crippen molar-refractivity contribution in [2.75, 3.05) is 69.2 Å². The fourth-order valence-electron chi connectivity index (χ4n) is 9.66. The number of aliphatic hydroxyl groups is 1. The van der Waals surface area contributed by atoms with Crippen molar-refractivity contribution in [3.63, 3.8) is 0 Å². The fraction of sp³-hybridized carbons (Fsp3) is 0.478. The van der Waals surface area contributed by atoms with Crippen molar-refractivity contribution in [2.24, 2.45) is 5.92 Å². The molecule has 0 unspecified atom stereocenters. The van der Waals surface area contributed by atoms with Gasteiger partial charge in [-0.2, -0.15) is 0 Å². The molecular weight excluding hydrogens is 821 g/mol. The van der Waals surface area contributed by atoms with E-state index in [1.165, 1.54) is 4.90 Å². The molecule has 63 heavy (non-hydrogen) atoms. The predicted octanol–water partition coefficient (Wildman–Crippen LogP) is 4.92. The monoisotopic (exact) mass is 876 g/mol. The van der Waals surface area contributed by atoms with Gasteiger partial charge in [-0.1, -0.05) is 50.2 Å². The molecule has 16 nitrogen and oxygen atoms in total. The molecule has 332 valence electrons. The van der Waals surface area contributed by atoms with Crippen LogP contribution in [0.2, 0.25) is 0 Å². The first-order valence-electron chi connectivity index (χ1n) is 22.0. The fourth-order valence-corrected chi connectivity index (χ4v) is 10.5. The van der Waals surface area contributed by atoms with E-state index in [9.17, 15) is 19.8 Å². The van der Waals surface area contributed by atoms with E-state index in [4.69, 9.17) is 9.26 Å². The Morgan fingerprint density at radius 2 is 1.84 bits per heavy atom. The number of aryl methyl sites for hydroxylation is 1. The molecule has 0 bridgehead atoms. The van der Waals surface area contributed by atoms with Crippen molar-refractivity contribution in [2.45, 2.75) is 76.7 Å². The van der Waals surface area contributed by atoms with E-state index in [2.05, 4.69) is 45.7 Å². The number of phenols is 1. The molecular formula is C46H56N10O6S. The zero-order valence-electron chi connectivity index (χ0n) is 36.2. The lowest BCUT2D eigenvalue weighted by molar-refractivity contribution is -0.141. The normalized spacial score (nSPS) is 22.4. The van der Waals surface area contributed by atoms with Crippen LogP contribution in [0.5, 0.6) is 11.6 Å². The van der Waals surface area contributed by atoms with Crippen molar-refractivity contribution in [3.8, 4) is 33.3 Å². The number of para-hydroxylation sites is 1. The third-order valence-corrected chi connectivity index (χ3v) is 14.1. The molecule has 0 spiro atoms. The minimum Gasteiger partial charge on any atom is -0.507 e. The van der Waals surface area contributed by atoms with Crippen LogP contribution in [0.4, 0.5) is 11.5 Å². The summed E-state index contributed by atoms with van der Waals surface area (Å²) in [4.78, 5) is 42.4. The molecule has 3 fully saturated rings. The molecule has 3 saturated heterocycles. The Balaban J connectivity index is 0.758. The molecule has 9 rings (SSSR count). The minimum absolute atomic E-state index is 0.0594. The predicted molar refractivity (Wildman–Crippen MR) is 240 cm³/mol. The maximum absolute atomic E-state index is 14.2. The number of aromatic nitrogens is 4. The standard InChI is InChI=1S/C46H56N10O6S/c1-27(2)42(46(60)56-25-34(57)19-38(56)45(59)49-28(3)30-9-11-31(12-10-30)43-29(4)48-26-63-43)40-21-41(52-62-40)61-18-17-53-14-13-32(23-53)54-15-16-55-33(24-54)22-47-44-37(55)20-36(50-51-44)35-7-5-6-8-39(35)58/h5-12,20-21,26-28,32-34,38,42,57-58H,13-19,22-25H2,1-4H3,(H,47,51)(H,49,59)/t28-,32-,33-,34+,38-,42+/m0/s1. The van der Waals surface area contributed by atoms with E-state index in [1.807, 2.05) is 75.7 Å². The number of carbonyl (C=O) groups excluding carboxylic acids is 2. The Kier molecular flexibility index (Phi) is 12.4. The Bertz CT molecular complexity index is 2410. The number of amides is 2. The third-order valence-electron chi connectivity index (χ3n) is 13.1. The van der Waals surface area contributed by atoms with E-state index in [0.717, 1.165) is 85.4 Å². The van der Waals surface area contributed by atoms with E-state index in [0.29, 0.717) is 41.6 Å². The average Bonchev–Trinajstić information content (AvgIpc) is 4.12. The van der Waals surface area contributed by atoms with E-state index in [1.54, 1.807) is 29.5 Å². The first-order chi connectivity index (χ1) is 30.5. The van der Waals surface area contributed by atoms with Crippen LogP contribution in [0, 0.1) is 12.8 Å². The van der Waals surface area contributed by atoms with Crippen LogP contribution in [0.15, 0.2) is 70.7 Å². The van der Waals surface area contributed by atoms with Crippen LogP contribution in [-0.2, 0) is 9.59 Å². The molecule has 7 heterocycles. The van der Waals surface area contributed by atoms with Crippen molar-refractivity contribution in [1.82, 2.24) is 40.4 Å². The van der Waals surface area contributed by atoms with Gasteiger partial charge in [-0.25, -0.2) is 4.98 Å². The van der Waals surface area contributed by atoms with Gasteiger partial charge in [0, 0.05) is 69.9 Å². The van der Waals surface area contributed by atoms with Crippen molar-refractivity contribution < 1.29 is 29.1 Å². The Morgan fingerprint density at radius 3 is 2.62 bits per heavy atom. The van der Waals surface area contributed by atoms with Crippen LogP contribution < -0.4 is 20.3 Å². The highest BCUT2D eigenvalue weighted by Crippen LogP contribution is 2.37. The van der Waals surface area contributed by atoms with Gasteiger partial charge < -0.3 is 39.9 Å². The number of rotatable bonds is 13. The van der Waals surface area contributed by atoms with Crippen LogP contribution in [0.3, 0.4) is 0 Å². The number of nitrogens with zero attached hydrogens (tertiary/aromatic N) is 8. The molecule has 3 aromatic heterocycles. The number of nitrogens with one attached hydrogen (secondary N) is 2. The van der Waals surface area contributed by atoms with Crippen LogP contribution in [0.25, 0.3) is 21.7 Å². The zero-order valence-corrected chi connectivity index (χ0v) is 37.0. The van der Waals surface area contributed by atoms with Gasteiger partial charge in [0.15, 0.2) is 11.6 Å². The zero-order chi connectivity index (χ0) is 43.8. The quantitative estimate of drug-likeness (QED) is 0.125. The Hall–Kier alpha value is -5.62. The highest BCUT2D eigenvalue weighted by atomic mass is 32.1. The number of hydrogen-bond donors (Lipinski definition) is 4. The number of benzene rings is 2. The van der Waals surface area contributed by atoms with Gasteiger partial charge in [0.05, 0.1) is 45.7 Å². The summed E-state index contributed by atoms with van der Waals surface area (Å²) in [5.41, 5.74) is 7.18. The summed E-state index contributed by atoms with van der Waals surface area (Å²) in [7, 11) is 0. The van der Waals surface area contributed by atoms with Crippen LogP contribution in [0.1, 0.15) is 62.6 Å². The molecule has 2 amide bonds. The number of aromatic hydroxyl groups is 1. The highest BCUT2D eigenvalue weighted by molar-refractivity contribution is 7.13. The topological polar surface area (TPSA) is 186 Å². The highest BCUT2D eigenvalue weighted by Gasteiger charge is 2.44. The molecule has 6 atom stereocenters. The van der Waals surface area contributed by atoms with Gasteiger partial charge in [-0.05, 0) is 67.2 Å². The van der Waals surface area contributed by atoms with Crippen molar-refractivity contribution in [1.29, 1.82) is 0 Å². The smallest absolute Gasteiger partial charge is 0.254 e. The van der Waals surface area contributed by atoms with Gasteiger partial charge in [-0.15, -0.1) is 21.5 Å². The number of anilines is 2. The molecule has 2 aromatic carbocycles. The summed E-state index contributed by atoms with van der Waals surface area (Å²) >= 11 is 1.59. The molecule has 4 aliphatic rings. The molecule has 0 aliphatic carbocycles. The second-order valence-electron chi connectivity index (χ2n) is 17.6. The second kappa shape index (κ2) is 18.2. The second-order valence-corrected chi connectivity index (χ2v) is 18.5. The maximum atomic E-state index is 14.2. The first-order valence-corrected chi connectivity index (χ1v) is 22.9. The summed E-state index contributed by atoms with van der Waals surface area (Å²) in [6.07, 6.45) is 0.415. The number of ether oxygens (including phenoxy) is 1. The number of thiazole rings is 1. The van der Waals surface area contributed by atoms with Gasteiger partial charge in [-0.3, -0.25) is 19.4 Å². The lowest BCUT2D eigenvalue weighted by Gasteiger charge is -2.47. The number of hydrogen-bond acceptors (Lipinski definition) is 15. The van der Waals surface area contributed by atoms with E-state index in [-0.39, 0.29) is 42.5 Å². The van der Waals surface area contributed by atoms with Gasteiger partial charge in [0.25, 0.3) is 5.88 Å². The van der Waals surface area contributed by atoms with Crippen LogP contribution >= 0.6 is 11.3 Å². The molecule has 0 radical (unpaired) electrons. The van der Waals surface area contributed by atoms with E-state index >= 15 is 0 Å². The summed E-state index contributed by atoms with van der Waals surface area (Å²) in [5, 5.41) is 40.7. The number of aliphatic hydroxyl groups excluding tert-OH is 1. The SMILES string of the molecule is Cc1ncsc1-c1ccc([C@H](C)NC(=O)[C@@H]2C[C@@H](O)CN2C(=O)[C@@H](c2cc(OCCN3CC[C@H](N4CCN5c6cc(-c7ccccc7O)nnc6NC[C@H]5C4)C3)no2)C(C)C)cc1. The van der Waals surface area contributed by atoms with Crippen molar-refractivity contribution in [3.05, 3.63) is 83.2 Å². The number of carbonyl (C=O) groups is 2. The summed E-state index contributed by atoms with van der Waals surface area (Å²) in [6.45, 7) is 14.5. The van der Waals surface area contributed by atoms with E-state index < -0.39 is 18.1 Å². The van der Waals surface area contributed by atoms with Crippen LogP contribution in [-0.4, -0.2) is 140 Å². The maximum Gasteiger partial charge on any atom is 0.254 e. The number of likely N-dealkylation sites (tertiary alicyclic amines) is 2. The average molecular weight is 877 g/mol. The number of fused-ring (bicyclic) bond motifs is 3. The largest absolute Gasteiger partial charge is 0.507 e. The number of piperazine rings is 1. The summed E-state index contributed by atoms with van der Waals surface area (Å²) in [5.74, 6) is 0.181. The molecule has 4 N–H and O–H groups in total. The summed E-state index contributed by atoms with van der Waals surface area (Å²) < 4.78 is 11.8. The van der Waals surface area contributed by atoms with Crippen molar-refractivity contribution >= 4 is 34.7 Å². The summed E-state index contributed by atoms with van der Waals surface area (Å²) in [6, 6.07) is 18.6. The molecule has 5 aromatic rings. The first kappa shape index (κ1) is 42.7. The molecule has 0 saturated carbocycles. The van der Waals surface area contributed by atoms with Gasteiger partial charge in [0.2, 0.25) is 11.8 Å². The number of β-amino-alcohol motifs (C(OH)–C–C–N with tert-alkyl or cyclic N) is 1. The molecule has 17 heteroatoms. The minimum atomic E-state index is -0.822. The van der Waals surface area contributed by atoms with Gasteiger partial charge >= 0.3 is 0 Å². The third kappa shape index (κ3) is 8.96. The number of phenolic OH excluding ortho intramolecular Hbond substituents is 1. The lowest BCUT2D eigenvalue weighted by Crippen LogP contribution is -2.60. The lowest BCUT2D eigenvalue weighted by atomic mass is 9.91. The Labute approximate surface area is 371 Å². The Morgan fingerprint density at radius 1 is 1.02 bits per heavy atom.